The quantitative estimate of drug-likeness (QED) is 0.744. The van der Waals surface area contributed by atoms with Gasteiger partial charge in [-0.1, -0.05) is 18.2 Å². The number of hydrogen-bond acceptors (Lipinski definition) is 3. The van der Waals surface area contributed by atoms with Crippen molar-refractivity contribution in [3.8, 4) is 5.75 Å². The molecule has 72 valence electrons. The largest absolute Gasteiger partial charge is 0.507 e. The zero-order chi connectivity index (χ0) is 9.84. The van der Waals surface area contributed by atoms with Crippen LogP contribution in [0.4, 0.5) is 0 Å². The number of nitrogens with two attached hydrogens (primary N) is 1. The third kappa shape index (κ3) is 2.20. The topological polar surface area (TPSA) is 55.5 Å². The van der Waals surface area contributed by atoms with Crippen LogP contribution in [-0.2, 0) is 11.3 Å². The number of phenolic OH excluding ortho intramolecular Hbond substituents is 1. The molecule has 0 aliphatic carbocycles. The van der Waals surface area contributed by atoms with Gasteiger partial charge < -0.3 is 15.6 Å². The van der Waals surface area contributed by atoms with Gasteiger partial charge in [0, 0.05) is 24.3 Å². The molecule has 0 aromatic heterocycles. The molecule has 1 atom stereocenters. The van der Waals surface area contributed by atoms with Crippen LogP contribution < -0.4 is 5.73 Å². The van der Waals surface area contributed by atoms with Gasteiger partial charge in [0.05, 0.1) is 6.61 Å². The van der Waals surface area contributed by atoms with Crippen molar-refractivity contribution in [2.75, 3.05) is 7.11 Å². The van der Waals surface area contributed by atoms with Crippen LogP contribution in [0.5, 0.6) is 5.75 Å². The van der Waals surface area contributed by atoms with Gasteiger partial charge in [-0.2, -0.15) is 0 Å². The highest BCUT2D eigenvalue weighted by atomic mass is 16.5. The second kappa shape index (κ2) is 4.25. The number of phenols is 1. The van der Waals surface area contributed by atoms with E-state index in [0.29, 0.717) is 6.61 Å². The summed E-state index contributed by atoms with van der Waals surface area (Å²) in [5, 5.41) is 9.73. The van der Waals surface area contributed by atoms with E-state index in [2.05, 4.69) is 0 Å². The molecule has 0 amide bonds. The monoisotopic (exact) mass is 181 g/mol. The van der Waals surface area contributed by atoms with Crippen molar-refractivity contribution in [3.05, 3.63) is 29.3 Å². The Hall–Kier alpha value is -1.06. The van der Waals surface area contributed by atoms with Gasteiger partial charge in [0.1, 0.15) is 5.75 Å². The number of rotatable bonds is 3. The molecule has 0 radical (unpaired) electrons. The van der Waals surface area contributed by atoms with Crippen molar-refractivity contribution in [2.24, 2.45) is 5.73 Å². The van der Waals surface area contributed by atoms with Gasteiger partial charge in [-0.3, -0.25) is 0 Å². The number of aromatic hydroxyl groups is 1. The van der Waals surface area contributed by atoms with Gasteiger partial charge in [0.2, 0.25) is 0 Å². The van der Waals surface area contributed by atoms with Crippen LogP contribution in [-0.4, -0.2) is 12.2 Å². The number of benzene rings is 1. The minimum atomic E-state index is -0.156. The number of hydrogen-bond donors (Lipinski definition) is 2. The molecule has 0 saturated heterocycles. The summed E-state index contributed by atoms with van der Waals surface area (Å²) in [7, 11) is 1.60. The molecular weight excluding hydrogens is 166 g/mol. The first kappa shape index (κ1) is 10.0. The summed E-state index contributed by atoms with van der Waals surface area (Å²) in [6.07, 6.45) is 0. The molecule has 0 saturated carbocycles. The van der Waals surface area contributed by atoms with Gasteiger partial charge in [-0.25, -0.2) is 0 Å². The van der Waals surface area contributed by atoms with Gasteiger partial charge in [0.15, 0.2) is 0 Å². The van der Waals surface area contributed by atoms with E-state index in [-0.39, 0.29) is 11.8 Å². The Morgan fingerprint density at radius 3 is 2.77 bits per heavy atom. The SMILES string of the molecule is COCc1cccc(C(C)N)c1O. The van der Waals surface area contributed by atoms with E-state index in [9.17, 15) is 5.11 Å². The fourth-order valence-electron chi connectivity index (χ4n) is 1.25. The molecule has 0 aliphatic heterocycles. The first-order chi connectivity index (χ1) is 6.16. The summed E-state index contributed by atoms with van der Waals surface area (Å²) in [5.74, 6) is 0.249. The van der Waals surface area contributed by atoms with Crippen LogP contribution in [0.25, 0.3) is 0 Å². The molecule has 3 N–H and O–H groups in total. The summed E-state index contributed by atoms with van der Waals surface area (Å²) < 4.78 is 4.94. The first-order valence-electron chi connectivity index (χ1n) is 4.22. The lowest BCUT2D eigenvalue weighted by Crippen LogP contribution is -2.06. The molecule has 0 fully saturated rings. The van der Waals surface area contributed by atoms with Crippen LogP contribution in [0.3, 0.4) is 0 Å². The molecule has 1 aromatic carbocycles. The Morgan fingerprint density at radius 1 is 1.54 bits per heavy atom. The summed E-state index contributed by atoms with van der Waals surface area (Å²) in [4.78, 5) is 0. The minimum Gasteiger partial charge on any atom is -0.507 e. The molecule has 1 unspecified atom stereocenters. The molecule has 0 aliphatic rings. The maximum atomic E-state index is 9.73. The van der Waals surface area contributed by atoms with Crippen molar-refractivity contribution in [2.45, 2.75) is 19.6 Å². The lowest BCUT2D eigenvalue weighted by molar-refractivity contribution is 0.182. The van der Waals surface area contributed by atoms with Crippen LogP contribution in [0.1, 0.15) is 24.1 Å². The minimum absolute atomic E-state index is 0.156. The number of para-hydroxylation sites is 1. The number of methoxy groups -OCH3 is 1. The molecule has 0 spiro atoms. The zero-order valence-electron chi connectivity index (χ0n) is 7.95. The van der Waals surface area contributed by atoms with E-state index < -0.39 is 0 Å². The Labute approximate surface area is 78.1 Å². The van der Waals surface area contributed by atoms with Gasteiger partial charge in [-0.15, -0.1) is 0 Å². The van der Waals surface area contributed by atoms with Crippen molar-refractivity contribution >= 4 is 0 Å². The highest BCUT2D eigenvalue weighted by Crippen LogP contribution is 2.26. The van der Waals surface area contributed by atoms with Gasteiger partial charge >= 0.3 is 0 Å². The Morgan fingerprint density at radius 2 is 2.23 bits per heavy atom. The van der Waals surface area contributed by atoms with E-state index in [4.69, 9.17) is 10.5 Å². The van der Waals surface area contributed by atoms with Crippen LogP contribution in [0.15, 0.2) is 18.2 Å². The van der Waals surface area contributed by atoms with Crippen molar-refractivity contribution in [1.82, 2.24) is 0 Å². The molecule has 0 bridgehead atoms. The smallest absolute Gasteiger partial charge is 0.125 e. The average Bonchev–Trinajstić information content (AvgIpc) is 2.08. The van der Waals surface area contributed by atoms with E-state index in [1.807, 2.05) is 25.1 Å². The highest BCUT2D eigenvalue weighted by Gasteiger charge is 2.09. The van der Waals surface area contributed by atoms with Crippen molar-refractivity contribution < 1.29 is 9.84 Å². The lowest BCUT2D eigenvalue weighted by Gasteiger charge is -2.11. The fourth-order valence-corrected chi connectivity index (χ4v) is 1.25. The molecule has 3 heteroatoms. The Bertz CT molecular complexity index is 284. The normalized spacial score (nSPS) is 12.8. The van der Waals surface area contributed by atoms with Gasteiger partial charge in [-0.05, 0) is 6.92 Å². The van der Waals surface area contributed by atoms with Crippen molar-refractivity contribution in [3.63, 3.8) is 0 Å². The standard InChI is InChI=1S/C10H15NO2/c1-7(11)9-5-3-4-8(6-13-2)10(9)12/h3-5,7,12H,6,11H2,1-2H3. The van der Waals surface area contributed by atoms with Crippen LogP contribution in [0, 0.1) is 0 Å². The van der Waals surface area contributed by atoms with Gasteiger partial charge in [0.25, 0.3) is 0 Å². The fraction of sp³-hybridized carbons (Fsp3) is 0.400. The molecular formula is C10H15NO2. The predicted octanol–water partition coefficient (Wildman–Crippen LogP) is 1.56. The van der Waals surface area contributed by atoms with E-state index in [1.165, 1.54) is 0 Å². The molecule has 13 heavy (non-hydrogen) atoms. The maximum Gasteiger partial charge on any atom is 0.125 e. The second-order valence-corrected chi connectivity index (χ2v) is 3.08. The first-order valence-corrected chi connectivity index (χ1v) is 4.22. The summed E-state index contributed by atoms with van der Waals surface area (Å²) in [6.45, 7) is 2.25. The lowest BCUT2D eigenvalue weighted by atomic mass is 10.0. The maximum absolute atomic E-state index is 9.73. The zero-order valence-corrected chi connectivity index (χ0v) is 7.95. The third-order valence-electron chi connectivity index (χ3n) is 1.94. The predicted molar refractivity (Wildman–Crippen MR) is 51.4 cm³/mol. The summed E-state index contributed by atoms with van der Waals surface area (Å²) in [5.41, 5.74) is 7.21. The third-order valence-corrected chi connectivity index (χ3v) is 1.94. The highest BCUT2D eigenvalue weighted by molar-refractivity contribution is 5.41. The molecule has 0 heterocycles. The van der Waals surface area contributed by atoms with Crippen molar-refractivity contribution in [1.29, 1.82) is 0 Å². The van der Waals surface area contributed by atoms with E-state index in [0.717, 1.165) is 11.1 Å². The molecule has 1 rings (SSSR count). The summed E-state index contributed by atoms with van der Waals surface area (Å²) >= 11 is 0. The van der Waals surface area contributed by atoms with E-state index >= 15 is 0 Å². The second-order valence-electron chi connectivity index (χ2n) is 3.08. The van der Waals surface area contributed by atoms with E-state index in [1.54, 1.807) is 7.11 Å². The van der Waals surface area contributed by atoms with Crippen LogP contribution >= 0.6 is 0 Å². The molecule has 1 aromatic rings. The van der Waals surface area contributed by atoms with Crippen LogP contribution in [0.2, 0.25) is 0 Å². The Balaban J connectivity index is 3.03. The average molecular weight is 181 g/mol. The number of ether oxygens (including phenoxy) is 1. The molecule has 3 nitrogen and oxygen atoms in total. The summed E-state index contributed by atoms with van der Waals surface area (Å²) in [6, 6.07) is 5.35. The Kier molecular flexibility index (Phi) is 3.28.